The van der Waals surface area contributed by atoms with Crippen LogP contribution in [0.25, 0.3) is 0 Å². The summed E-state index contributed by atoms with van der Waals surface area (Å²) in [6, 6.07) is 0. The van der Waals surface area contributed by atoms with Gasteiger partial charge in [0.05, 0.1) is 0 Å². The Bertz CT molecular complexity index is 208. The zero-order valence-corrected chi connectivity index (χ0v) is 10.1. The highest BCUT2D eigenvalue weighted by Crippen LogP contribution is 2.17. The van der Waals surface area contributed by atoms with E-state index in [4.69, 9.17) is 0 Å². The van der Waals surface area contributed by atoms with Gasteiger partial charge >= 0.3 is 0 Å². The maximum atomic E-state index is 4.42. The SMILES string of the molecule is CC(=N/C=C\C(C)(C)C)C(C)(C)C. The second-order valence-electron chi connectivity index (χ2n) is 5.65. The molecule has 0 bridgehead atoms. The van der Waals surface area contributed by atoms with Crippen molar-refractivity contribution in [1.29, 1.82) is 0 Å². The molecule has 0 aromatic carbocycles. The minimum absolute atomic E-state index is 0.183. The topological polar surface area (TPSA) is 12.4 Å². The van der Waals surface area contributed by atoms with Crippen LogP contribution in [0.4, 0.5) is 0 Å². The molecule has 0 unspecified atom stereocenters. The number of rotatable bonds is 1. The first-order chi connectivity index (χ1) is 5.63. The molecule has 0 amide bonds. The van der Waals surface area contributed by atoms with Gasteiger partial charge in [0, 0.05) is 11.9 Å². The Morgan fingerprint density at radius 3 is 1.77 bits per heavy atom. The summed E-state index contributed by atoms with van der Waals surface area (Å²) in [6.07, 6.45) is 4.04. The van der Waals surface area contributed by atoms with Crippen molar-refractivity contribution < 1.29 is 0 Å². The third kappa shape index (κ3) is 6.56. The highest BCUT2D eigenvalue weighted by Gasteiger charge is 2.13. The summed E-state index contributed by atoms with van der Waals surface area (Å²) in [6.45, 7) is 15.1. The summed E-state index contributed by atoms with van der Waals surface area (Å²) in [5.41, 5.74) is 1.58. The van der Waals surface area contributed by atoms with E-state index in [1.807, 2.05) is 6.20 Å². The van der Waals surface area contributed by atoms with E-state index in [0.29, 0.717) is 0 Å². The zero-order valence-electron chi connectivity index (χ0n) is 10.1. The van der Waals surface area contributed by atoms with Gasteiger partial charge in [-0.2, -0.15) is 0 Å². The lowest BCUT2D eigenvalue weighted by Crippen LogP contribution is -2.16. The molecule has 1 heteroatoms. The van der Waals surface area contributed by atoms with Crippen LogP contribution >= 0.6 is 0 Å². The Hall–Kier alpha value is -0.590. The standard InChI is InChI=1S/C12H23N/c1-10(12(5,6)7)13-9-8-11(2,3)4/h8-9H,1-7H3/b9-8-,13-10?. The van der Waals surface area contributed by atoms with E-state index >= 15 is 0 Å². The number of hydrogen-bond acceptors (Lipinski definition) is 1. The van der Waals surface area contributed by atoms with E-state index < -0.39 is 0 Å². The molecule has 0 heterocycles. The van der Waals surface area contributed by atoms with E-state index in [0.717, 1.165) is 0 Å². The number of hydrogen-bond donors (Lipinski definition) is 0. The summed E-state index contributed by atoms with van der Waals surface area (Å²) in [5, 5.41) is 0. The summed E-state index contributed by atoms with van der Waals surface area (Å²) >= 11 is 0. The molecule has 0 aliphatic carbocycles. The van der Waals surface area contributed by atoms with Gasteiger partial charge in [0.25, 0.3) is 0 Å². The number of aliphatic imine (C=N–C) groups is 1. The molecule has 0 aromatic heterocycles. The van der Waals surface area contributed by atoms with Gasteiger partial charge in [-0.3, -0.25) is 4.99 Å². The largest absolute Gasteiger partial charge is 0.266 e. The average Bonchev–Trinajstić information content (AvgIpc) is 1.82. The average molecular weight is 181 g/mol. The Balaban J connectivity index is 4.37. The van der Waals surface area contributed by atoms with Gasteiger partial charge in [0.2, 0.25) is 0 Å². The molecule has 0 radical (unpaired) electrons. The molecule has 0 atom stereocenters. The minimum Gasteiger partial charge on any atom is -0.266 e. The molecule has 0 aromatic rings. The molecule has 1 nitrogen and oxygen atoms in total. The first-order valence-electron chi connectivity index (χ1n) is 4.85. The summed E-state index contributed by atoms with van der Waals surface area (Å²) in [7, 11) is 0. The smallest absolute Gasteiger partial charge is 0.0232 e. The fraction of sp³-hybridized carbons (Fsp3) is 0.750. The number of nitrogens with zero attached hydrogens (tertiary/aromatic N) is 1. The molecular weight excluding hydrogens is 158 g/mol. The van der Waals surface area contributed by atoms with Gasteiger partial charge in [-0.25, -0.2) is 0 Å². The van der Waals surface area contributed by atoms with Gasteiger partial charge < -0.3 is 0 Å². The van der Waals surface area contributed by atoms with Crippen molar-refractivity contribution in [1.82, 2.24) is 0 Å². The molecule has 13 heavy (non-hydrogen) atoms. The van der Waals surface area contributed by atoms with Crippen LogP contribution < -0.4 is 0 Å². The lowest BCUT2D eigenvalue weighted by Gasteiger charge is -2.17. The summed E-state index contributed by atoms with van der Waals surface area (Å²) in [4.78, 5) is 4.42. The van der Waals surface area contributed by atoms with Gasteiger partial charge in [-0.1, -0.05) is 47.6 Å². The highest BCUT2D eigenvalue weighted by atomic mass is 14.7. The predicted molar refractivity (Wildman–Crippen MR) is 61.2 cm³/mol. The zero-order chi connectivity index (χ0) is 10.7. The Labute approximate surface area is 83.0 Å². The molecule has 0 N–H and O–H groups in total. The van der Waals surface area contributed by atoms with E-state index in [1.165, 1.54) is 5.71 Å². The van der Waals surface area contributed by atoms with Crippen molar-refractivity contribution in [2.45, 2.75) is 48.5 Å². The van der Waals surface area contributed by atoms with Crippen LogP contribution in [0.3, 0.4) is 0 Å². The van der Waals surface area contributed by atoms with Gasteiger partial charge in [-0.05, 0) is 17.8 Å². The Morgan fingerprint density at radius 1 is 1.00 bits per heavy atom. The van der Waals surface area contributed by atoms with Crippen molar-refractivity contribution in [3.8, 4) is 0 Å². The fourth-order valence-corrected chi connectivity index (χ4v) is 0.566. The van der Waals surface area contributed by atoms with E-state index in [9.17, 15) is 0 Å². The Kier molecular flexibility index (Phi) is 3.89. The second kappa shape index (κ2) is 4.08. The lowest BCUT2D eigenvalue weighted by atomic mass is 9.91. The van der Waals surface area contributed by atoms with Crippen LogP contribution in [0.15, 0.2) is 17.3 Å². The van der Waals surface area contributed by atoms with Crippen LogP contribution in [0.5, 0.6) is 0 Å². The van der Waals surface area contributed by atoms with E-state index in [1.54, 1.807) is 0 Å². The maximum absolute atomic E-state index is 4.42. The van der Waals surface area contributed by atoms with Gasteiger partial charge in [0.15, 0.2) is 0 Å². The van der Waals surface area contributed by atoms with Crippen molar-refractivity contribution >= 4 is 5.71 Å². The molecule has 0 rings (SSSR count). The van der Waals surface area contributed by atoms with Gasteiger partial charge in [-0.15, -0.1) is 0 Å². The van der Waals surface area contributed by atoms with E-state index in [2.05, 4.69) is 59.5 Å². The molecule has 0 aliphatic heterocycles. The molecule has 0 fully saturated rings. The second-order valence-corrected chi connectivity index (χ2v) is 5.65. The molecule has 76 valence electrons. The minimum atomic E-state index is 0.183. The summed E-state index contributed by atoms with van der Waals surface area (Å²) in [5.74, 6) is 0. The first-order valence-corrected chi connectivity index (χ1v) is 4.85. The molecule has 0 saturated heterocycles. The molecule has 0 aliphatic rings. The van der Waals surface area contributed by atoms with Gasteiger partial charge in [0.1, 0.15) is 0 Å². The van der Waals surface area contributed by atoms with Crippen LogP contribution in [0.1, 0.15) is 48.5 Å². The lowest BCUT2D eigenvalue weighted by molar-refractivity contribution is 0.542. The van der Waals surface area contributed by atoms with Crippen LogP contribution in [-0.4, -0.2) is 5.71 Å². The van der Waals surface area contributed by atoms with Crippen molar-refractivity contribution in [2.75, 3.05) is 0 Å². The number of allylic oxidation sites excluding steroid dienone is 1. The van der Waals surface area contributed by atoms with Crippen molar-refractivity contribution in [3.63, 3.8) is 0 Å². The predicted octanol–water partition coefficient (Wildman–Crippen LogP) is 4.05. The van der Waals surface area contributed by atoms with Crippen LogP contribution in [0.2, 0.25) is 0 Å². The third-order valence-corrected chi connectivity index (χ3v) is 1.93. The van der Waals surface area contributed by atoms with Crippen molar-refractivity contribution in [3.05, 3.63) is 12.3 Å². The molecule has 0 saturated carbocycles. The third-order valence-electron chi connectivity index (χ3n) is 1.93. The van der Waals surface area contributed by atoms with Crippen LogP contribution in [-0.2, 0) is 0 Å². The Morgan fingerprint density at radius 2 is 1.46 bits per heavy atom. The quantitative estimate of drug-likeness (QED) is 0.541. The fourth-order valence-electron chi connectivity index (χ4n) is 0.566. The normalized spacial score (nSPS) is 15.5. The molecule has 0 spiro atoms. The monoisotopic (exact) mass is 181 g/mol. The first kappa shape index (κ1) is 12.4. The van der Waals surface area contributed by atoms with Crippen molar-refractivity contribution in [2.24, 2.45) is 15.8 Å². The van der Waals surface area contributed by atoms with Crippen LogP contribution in [0, 0.1) is 10.8 Å². The summed E-state index contributed by atoms with van der Waals surface area (Å²) < 4.78 is 0. The maximum Gasteiger partial charge on any atom is 0.0232 e. The highest BCUT2D eigenvalue weighted by molar-refractivity contribution is 5.87. The molecular formula is C12H23N. The van der Waals surface area contributed by atoms with E-state index in [-0.39, 0.29) is 10.8 Å².